The van der Waals surface area contributed by atoms with Crippen LogP contribution in [0.2, 0.25) is 0 Å². The maximum atomic E-state index is 11.7. The van der Waals surface area contributed by atoms with Crippen molar-refractivity contribution in [1.82, 2.24) is 24.6 Å². The Bertz CT molecular complexity index is 659. The van der Waals surface area contributed by atoms with E-state index >= 15 is 0 Å². The topological polar surface area (TPSA) is 54.3 Å². The molecule has 0 saturated carbocycles. The Morgan fingerprint density at radius 3 is 2.65 bits per heavy atom. The lowest BCUT2D eigenvalue weighted by Crippen LogP contribution is -2.37. The number of likely N-dealkylation sites (tertiary alicyclic amines) is 1. The van der Waals surface area contributed by atoms with Gasteiger partial charge in [-0.2, -0.15) is 0 Å². The Labute approximate surface area is 156 Å². The van der Waals surface area contributed by atoms with Crippen molar-refractivity contribution in [3.05, 3.63) is 23.8 Å². The minimum Gasteiger partial charge on any atom is -0.341 e. The first-order valence-corrected chi connectivity index (χ1v) is 10.3. The highest BCUT2D eigenvalue weighted by atomic mass is 16.2. The molecule has 0 aromatic carbocycles. The van der Waals surface area contributed by atoms with Gasteiger partial charge in [0.1, 0.15) is 11.6 Å². The normalized spacial score (nSPS) is 25.1. The SMILES string of the molecule is CC(=O)N1CCc2nnc(C3CCN(CC4CC=CCC4)CC3)n2CC1. The van der Waals surface area contributed by atoms with E-state index < -0.39 is 0 Å². The number of piperidine rings is 1. The highest BCUT2D eigenvalue weighted by Gasteiger charge is 2.28. The van der Waals surface area contributed by atoms with Crippen molar-refractivity contribution in [3.63, 3.8) is 0 Å². The number of hydrogen-bond acceptors (Lipinski definition) is 4. The van der Waals surface area contributed by atoms with E-state index in [9.17, 15) is 4.79 Å². The Balaban J connectivity index is 1.35. The van der Waals surface area contributed by atoms with E-state index in [1.807, 2.05) is 4.90 Å². The number of nitrogens with zero attached hydrogens (tertiary/aromatic N) is 5. The van der Waals surface area contributed by atoms with E-state index in [-0.39, 0.29) is 5.91 Å². The monoisotopic (exact) mass is 357 g/mol. The first kappa shape index (κ1) is 17.7. The summed E-state index contributed by atoms with van der Waals surface area (Å²) >= 11 is 0. The molecular weight excluding hydrogens is 326 g/mol. The van der Waals surface area contributed by atoms with Gasteiger partial charge in [0.05, 0.1) is 0 Å². The number of fused-ring (bicyclic) bond motifs is 1. The largest absolute Gasteiger partial charge is 0.341 e. The standard InChI is InChI=1S/C20H31N5O/c1-16(26)24-12-9-19-21-22-20(25(19)14-13-24)18-7-10-23(11-8-18)15-17-5-3-2-4-6-17/h2-3,17-18H,4-15H2,1H3. The fourth-order valence-corrected chi connectivity index (χ4v) is 4.72. The highest BCUT2D eigenvalue weighted by Crippen LogP contribution is 2.29. The van der Waals surface area contributed by atoms with Gasteiger partial charge in [0.15, 0.2) is 0 Å². The van der Waals surface area contributed by atoms with Crippen molar-refractivity contribution in [2.24, 2.45) is 5.92 Å². The number of hydrogen-bond donors (Lipinski definition) is 0. The molecule has 1 aromatic rings. The molecule has 0 spiro atoms. The van der Waals surface area contributed by atoms with Crippen molar-refractivity contribution in [3.8, 4) is 0 Å². The molecule has 0 bridgehead atoms. The molecule has 26 heavy (non-hydrogen) atoms. The zero-order chi connectivity index (χ0) is 17.9. The summed E-state index contributed by atoms with van der Waals surface area (Å²) in [4.78, 5) is 16.3. The van der Waals surface area contributed by atoms with E-state index in [0.29, 0.717) is 5.92 Å². The third-order valence-corrected chi connectivity index (χ3v) is 6.35. The van der Waals surface area contributed by atoms with Gasteiger partial charge >= 0.3 is 0 Å². The third kappa shape index (κ3) is 3.85. The van der Waals surface area contributed by atoms with Gasteiger partial charge < -0.3 is 14.4 Å². The fraction of sp³-hybridized carbons (Fsp3) is 0.750. The summed E-state index contributed by atoms with van der Waals surface area (Å²) in [6.07, 6.45) is 11.7. The van der Waals surface area contributed by atoms with E-state index in [1.54, 1.807) is 6.92 Å². The Morgan fingerprint density at radius 1 is 1.08 bits per heavy atom. The molecule has 6 nitrogen and oxygen atoms in total. The summed E-state index contributed by atoms with van der Waals surface area (Å²) in [5.41, 5.74) is 0. The third-order valence-electron chi connectivity index (χ3n) is 6.35. The molecule has 0 radical (unpaired) electrons. The van der Waals surface area contributed by atoms with Crippen LogP contribution in [0.1, 0.15) is 56.6 Å². The van der Waals surface area contributed by atoms with Gasteiger partial charge in [-0.15, -0.1) is 10.2 Å². The Kier molecular flexibility index (Phi) is 5.38. The van der Waals surface area contributed by atoms with Crippen molar-refractivity contribution in [1.29, 1.82) is 0 Å². The molecule has 1 amide bonds. The van der Waals surface area contributed by atoms with Crippen LogP contribution in [0.15, 0.2) is 12.2 Å². The molecular formula is C20H31N5O. The van der Waals surface area contributed by atoms with Gasteiger partial charge in [-0.1, -0.05) is 12.2 Å². The van der Waals surface area contributed by atoms with Gasteiger partial charge in [0.25, 0.3) is 0 Å². The van der Waals surface area contributed by atoms with E-state index in [4.69, 9.17) is 0 Å². The first-order chi connectivity index (χ1) is 12.7. The molecule has 3 aliphatic rings. The number of rotatable bonds is 3. The minimum absolute atomic E-state index is 0.163. The summed E-state index contributed by atoms with van der Waals surface area (Å²) in [5.74, 6) is 3.74. The summed E-state index contributed by atoms with van der Waals surface area (Å²) in [5, 5.41) is 9.01. The van der Waals surface area contributed by atoms with Crippen LogP contribution in [-0.2, 0) is 17.8 Å². The van der Waals surface area contributed by atoms with Crippen LogP contribution >= 0.6 is 0 Å². The molecule has 4 rings (SSSR count). The van der Waals surface area contributed by atoms with Gasteiger partial charge in [0.2, 0.25) is 5.91 Å². The molecule has 1 aliphatic carbocycles. The number of aromatic nitrogens is 3. The molecule has 6 heteroatoms. The quantitative estimate of drug-likeness (QED) is 0.779. The minimum atomic E-state index is 0.163. The Hall–Kier alpha value is -1.69. The molecule has 1 atom stereocenters. The number of allylic oxidation sites excluding steroid dienone is 2. The predicted molar refractivity (Wildman–Crippen MR) is 101 cm³/mol. The lowest BCUT2D eigenvalue weighted by atomic mass is 9.91. The zero-order valence-electron chi connectivity index (χ0n) is 15.9. The predicted octanol–water partition coefficient (Wildman–Crippen LogP) is 2.22. The maximum Gasteiger partial charge on any atom is 0.219 e. The van der Waals surface area contributed by atoms with Crippen LogP contribution in [0.5, 0.6) is 0 Å². The summed E-state index contributed by atoms with van der Waals surface area (Å²) < 4.78 is 2.30. The second-order valence-electron chi connectivity index (χ2n) is 8.11. The second-order valence-corrected chi connectivity index (χ2v) is 8.11. The van der Waals surface area contributed by atoms with Gasteiger partial charge in [-0.05, 0) is 51.1 Å². The van der Waals surface area contributed by atoms with Crippen molar-refractivity contribution < 1.29 is 4.79 Å². The zero-order valence-corrected chi connectivity index (χ0v) is 15.9. The molecule has 1 saturated heterocycles. The van der Waals surface area contributed by atoms with E-state index in [0.717, 1.165) is 43.6 Å². The Morgan fingerprint density at radius 2 is 1.92 bits per heavy atom. The van der Waals surface area contributed by atoms with Crippen LogP contribution in [0.3, 0.4) is 0 Å². The van der Waals surface area contributed by atoms with Gasteiger partial charge in [-0.25, -0.2) is 0 Å². The molecule has 3 heterocycles. The molecule has 2 aliphatic heterocycles. The summed E-state index contributed by atoms with van der Waals surface area (Å²) in [6, 6.07) is 0. The number of carbonyl (C=O) groups is 1. The smallest absolute Gasteiger partial charge is 0.219 e. The van der Waals surface area contributed by atoms with Crippen LogP contribution in [0.4, 0.5) is 0 Å². The van der Waals surface area contributed by atoms with Gasteiger partial charge in [0, 0.05) is 45.4 Å². The second kappa shape index (κ2) is 7.91. The molecule has 142 valence electrons. The average Bonchev–Trinajstić information content (AvgIpc) is 2.94. The average molecular weight is 358 g/mol. The fourth-order valence-electron chi connectivity index (χ4n) is 4.72. The van der Waals surface area contributed by atoms with E-state index in [1.165, 1.54) is 51.7 Å². The highest BCUT2D eigenvalue weighted by molar-refractivity contribution is 5.73. The van der Waals surface area contributed by atoms with Crippen molar-refractivity contribution >= 4 is 5.91 Å². The van der Waals surface area contributed by atoms with Crippen LogP contribution in [-0.4, -0.2) is 63.2 Å². The molecule has 1 fully saturated rings. The summed E-state index contributed by atoms with van der Waals surface area (Å²) in [7, 11) is 0. The van der Waals surface area contributed by atoms with Crippen molar-refractivity contribution in [2.45, 2.75) is 57.9 Å². The number of amides is 1. The van der Waals surface area contributed by atoms with Gasteiger partial charge in [-0.3, -0.25) is 4.79 Å². The molecule has 0 N–H and O–H groups in total. The first-order valence-electron chi connectivity index (χ1n) is 10.3. The van der Waals surface area contributed by atoms with E-state index in [2.05, 4.69) is 31.8 Å². The maximum absolute atomic E-state index is 11.7. The molecule has 1 aromatic heterocycles. The molecule has 1 unspecified atom stereocenters. The lowest BCUT2D eigenvalue weighted by Gasteiger charge is -2.34. The van der Waals surface area contributed by atoms with Crippen LogP contribution in [0, 0.1) is 5.92 Å². The number of carbonyl (C=O) groups excluding carboxylic acids is 1. The lowest BCUT2D eigenvalue weighted by molar-refractivity contribution is -0.128. The van der Waals surface area contributed by atoms with Crippen molar-refractivity contribution in [2.75, 3.05) is 32.7 Å². The van der Waals surface area contributed by atoms with Crippen LogP contribution < -0.4 is 0 Å². The van der Waals surface area contributed by atoms with Crippen LogP contribution in [0.25, 0.3) is 0 Å². The summed E-state index contributed by atoms with van der Waals surface area (Å²) in [6.45, 7) is 7.64.